The summed E-state index contributed by atoms with van der Waals surface area (Å²) in [4.78, 5) is 23.4. The number of amides is 2. The van der Waals surface area contributed by atoms with Crippen molar-refractivity contribution in [2.24, 2.45) is 5.92 Å². The smallest absolute Gasteiger partial charge is 0.251 e. The van der Waals surface area contributed by atoms with Gasteiger partial charge in [-0.1, -0.05) is 19.9 Å². The molecule has 0 aliphatic rings. The van der Waals surface area contributed by atoms with Gasteiger partial charge in [0.2, 0.25) is 0 Å². The lowest BCUT2D eigenvalue weighted by Crippen LogP contribution is -2.27. The average Bonchev–Trinajstić information content (AvgIpc) is 2.42. The molecule has 0 aliphatic carbocycles. The van der Waals surface area contributed by atoms with Crippen molar-refractivity contribution in [2.45, 2.75) is 13.8 Å². The minimum Gasteiger partial charge on any atom is -0.352 e. The van der Waals surface area contributed by atoms with Gasteiger partial charge >= 0.3 is 0 Å². The number of benzene rings is 1. The van der Waals surface area contributed by atoms with Crippen LogP contribution in [0.2, 0.25) is 0 Å². The van der Waals surface area contributed by atoms with E-state index in [0.29, 0.717) is 30.1 Å². The van der Waals surface area contributed by atoms with Crippen molar-refractivity contribution < 1.29 is 9.59 Å². The van der Waals surface area contributed by atoms with E-state index in [1.807, 2.05) is 13.8 Å². The molecule has 4 nitrogen and oxygen atoms in total. The van der Waals surface area contributed by atoms with Gasteiger partial charge in [-0.25, -0.2) is 0 Å². The topological polar surface area (TPSA) is 58.2 Å². The first kappa shape index (κ1) is 15.0. The molecule has 1 aromatic carbocycles. The minimum absolute atomic E-state index is 0.119. The summed E-state index contributed by atoms with van der Waals surface area (Å²) in [7, 11) is 0. The molecule has 1 rings (SSSR count). The number of carbonyl (C=O) groups is 2. The highest BCUT2D eigenvalue weighted by atomic mass is 16.2. The number of carbonyl (C=O) groups excluding carboxylic acids is 2. The second kappa shape index (κ2) is 7.36. The van der Waals surface area contributed by atoms with Crippen LogP contribution in [0.25, 0.3) is 0 Å². The highest BCUT2D eigenvalue weighted by Crippen LogP contribution is 2.05. The summed E-state index contributed by atoms with van der Waals surface area (Å²) < 4.78 is 0. The lowest BCUT2D eigenvalue weighted by Gasteiger charge is -2.08. The molecular formula is C15H20N2O2. The Hall–Kier alpha value is -2.10. The van der Waals surface area contributed by atoms with E-state index in [4.69, 9.17) is 0 Å². The Kier molecular flexibility index (Phi) is 5.79. The molecule has 0 heterocycles. The van der Waals surface area contributed by atoms with E-state index >= 15 is 0 Å². The van der Waals surface area contributed by atoms with Crippen molar-refractivity contribution in [1.29, 1.82) is 0 Å². The largest absolute Gasteiger partial charge is 0.352 e. The quantitative estimate of drug-likeness (QED) is 0.768. The van der Waals surface area contributed by atoms with Crippen molar-refractivity contribution in [2.75, 3.05) is 13.1 Å². The molecule has 0 saturated carbocycles. The van der Waals surface area contributed by atoms with Crippen LogP contribution in [0.3, 0.4) is 0 Å². The Balaban J connectivity index is 2.62. The monoisotopic (exact) mass is 260 g/mol. The maximum atomic E-state index is 11.8. The number of hydrogen-bond acceptors (Lipinski definition) is 2. The van der Waals surface area contributed by atoms with E-state index < -0.39 is 0 Å². The first-order valence-electron chi connectivity index (χ1n) is 6.32. The standard InChI is InChI=1S/C15H20N2O2/c1-4-9-16-14(18)12-5-7-13(8-6-12)15(19)17-10-11(2)3/h4-8,11H,1,9-10H2,2-3H3,(H,16,18)(H,17,19). The lowest BCUT2D eigenvalue weighted by atomic mass is 10.1. The predicted molar refractivity (Wildman–Crippen MR) is 76.1 cm³/mol. The van der Waals surface area contributed by atoms with Crippen molar-refractivity contribution >= 4 is 11.8 Å². The van der Waals surface area contributed by atoms with E-state index in [9.17, 15) is 9.59 Å². The van der Waals surface area contributed by atoms with Gasteiger partial charge in [-0.3, -0.25) is 9.59 Å². The normalized spacial score (nSPS) is 10.1. The van der Waals surface area contributed by atoms with Crippen molar-refractivity contribution in [3.05, 3.63) is 48.0 Å². The molecule has 0 radical (unpaired) electrons. The maximum Gasteiger partial charge on any atom is 0.251 e. The Morgan fingerprint density at radius 1 is 1.11 bits per heavy atom. The third-order valence-corrected chi connectivity index (χ3v) is 2.49. The summed E-state index contributed by atoms with van der Waals surface area (Å²) in [5.74, 6) is 0.119. The Labute approximate surface area is 113 Å². The average molecular weight is 260 g/mol. The highest BCUT2D eigenvalue weighted by molar-refractivity contribution is 5.97. The van der Waals surface area contributed by atoms with Crippen LogP contribution in [0.4, 0.5) is 0 Å². The summed E-state index contributed by atoms with van der Waals surface area (Å²) in [6.07, 6.45) is 1.62. The second-order valence-electron chi connectivity index (χ2n) is 4.68. The molecule has 0 aliphatic heterocycles. The van der Waals surface area contributed by atoms with E-state index in [0.717, 1.165) is 0 Å². The Bertz CT molecular complexity index is 450. The molecule has 102 valence electrons. The Morgan fingerprint density at radius 2 is 1.58 bits per heavy atom. The molecule has 0 aromatic heterocycles. The molecule has 2 amide bonds. The van der Waals surface area contributed by atoms with E-state index in [1.54, 1.807) is 30.3 Å². The van der Waals surface area contributed by atoms with Gasteiger partial charge in [-0.15, -0.1) is 6.58 Å². The summed E-state index contributed by atoms with van der Waals surface area (Å²) in [6.45, 7) is 8.67. The maximum absolute atomic E-state index is 11.8. The summed E-state index contributed by atoms with van der Waals surface area (Å²) in [6, 6.07) is 6.59. The molecule has 2 N–H and O–H groups in total. The summed E-state index contributed by atoms with van der Waals surface area (Å²) >= 11 is 0. The van der Waals surface area contributed by atoms with Crippen LogP contribution in [0.15, 0.2) is 36.9 Å². The predicted octanol–water partition coefficient (Wildman–Crippen LogP) is 1.99. The van der Waals surface area contributed by atoms with E-state index in [1.165, 1.54) is 0 Å². The summed E-state index contributed by atoms with van der Waals surface area (Å²) in [5.41, 5.74) is 1.09. The van der Waals surface area contributed by atoms with Gasteiger partial charge < -0.3 is 10.6 Å². The van der Waals surface area contributed by atoms with Crippen LogP contribution >= 0.6 is 0 Å². The number of rotatable bonds is 6. The number of nitrogens with one attached hydrogen (secondary N) is 2. The van der Waals surface area contributed by atoms with Crippen LogP contribution in [0.1, 0.15) is 34.6 Å². The zero-order chi connectivity index (χ0) is 14.3. The van der Waals surface area contributed by atoms with E-state index in [2.05, 4.69) is 17.2 Å². The highest BCUT2D eigenvalue weighted by Gasteiger charge is 2.08. The third kappa shape index (κ3) is 4.95. The molecule has 1 aromatic rings. The van der Waals surface area contributed by atoms with Crippen LogP contribution < -0.4 is 10.6 Å². The molecule has 19 heavy (non-hydrogen) atoms. The molecule has 4 heteroatoms. The molecule has 0 atom stereocenters. The SMILES string of the molecule is C=CCNC(=O)c1ccc(C(=O)NCC(C)C)cc1. The van der Waals surface area contributed by atoms with Crippen molar-refractivity contribution in [3.8, 4) is 0 Å². The molecule has 0 unspecified atom stereocenters. The van der Waals surface area contributed by atoms with Gasteiger partial charge in [0.25, 0.3) is 11.8 Å². The van der Waals surface area contributed by atoms with Crippen molar-refractivity contribution in [1.82, 2.24) is 10.6 Å². The molecular weight excluding hydrogens is 240 g/mol. The van der Waals surface area contributed by atoms with Crippen LogP contribution in [0.5, 0.6) is 0 Å². The third-order valence-electron chi connectivity index (χ3n) is 2.49. The van der Waals surface area contributed by atoms with Crippen LogP contribution in [-0.2, 0) is 0 Å². The van der Waals surface area contributed by atoms with Gasteiger partial charge in [0.1, 0.15) is 0 Å². The fourth-order valence-corrected chi connectivity index (χ4v) is 1.44. The fraction of sp³-hybridized carbons (Fsp3) is 0.333. The molecule has 0 bridgehead atoms. The van der Waals surface area contributed by atoms with Gasteiger partial charge in [0, 0.05) is 24.2 Å². The fourth-order valence-electron chi connectivity index (χ4n) is 1.44. The van der Waals surface area contributed by atoms with Gasteiger partial charge in [-0.05, 0) is 30.2 Å². The van der Waals surface area contributed by atoms with Gasteiger partial charge in [0.05, 0.1) is 0 Å². The van der Waals surface area contributed by atoms with Crippen molar-refractivity contribution in [3.63, 3.8) is 0 Å². The first-order valence-corrected chi connectivity index (χ1v) is 6.32. The number of hydrogen-bond donors (Lipinski definition) is 2. The molecule has 0 spiro atoms. The second-order valence-corrected chi connectivity index (χ2v) is 4.68. The van der Waals surface area contributed by atoms with Crippen LogP contribution in [-0.4, -0.2) is 24.9 Å². The lowest BCUT2D eigenvalue weighted by molar-refractivity contribution is 0.0941. The Morgan fingerprint density at radius 3 is 2.00 bits per heavy atom. The summed E-state index contributed by atoms with van der Waals surface area (Å²) in [5, 5.41) is 5.51. The van der Waals surface area contributed by atoms with E-state index in [-0.39, 0.29) is 11.8 Å². The molecule has 0 fully saturated rings. The zero-order valence-corrected chi connectivity index (χ0v) is 11.4. The van der Waals surface area contributed by atoms with Gasteiger partial charge in [-0.2, -0.15) is 0 Å². The van der Waals surface area contributed by atoms with Crippen LogP contribution in [0, 0.1) is 5.92 Å². The zero-order valence-electron chi connectivity index (χ0n) is 11.4. The van der Waals surface area contributed by atoms with Gasteiger partial charge in [0.15, 0.2) is 0 Å². The molecule has 0 saturated heterocycles. The first-order chi connectivity index (χ1) is 9.04. The minimum atomic E-state index is -0.172.